The average Bonchev–Trinajstić information content (AvgIpc) is 3.73. The van der Waals surface area contributed by atoms with Crippen LogP contribution < -0.4 is 0 Å². The molecule has 9 aromatic rings. The van der Waals surface area contributed by atoms with Crippen LogP contribution in [0.2, 0.25) is 0 Å². The van der Waals surface area contributed by atoms with E-state index in [4.69, 9.17) is 22.3 Å². The van der Waals surface area contributed by atoms with Crippen LogP contribution >= 0.6 is 0 Å². The molecule has 0 fully saturated rings. The summed E-state index contributed by atoms with van der Waals surface area (Å²) >= 11 is 0. The monoisotopic (exact) mass is 873 g/mol. The molecule has 0 saturated heterocycles. The van der Waals surface area contributed by atoms with Crippen molar-refractivity contribution in [2.45, 2.75) is 92.2 Å². The summed E-state index contributed by atoms with van der Waals surface area (Å²) in [7, 11) is 0. The molecule has 0 spiro atoms. The minimum absolute atomic E-state index is 0.0323. The summed E-state index contributed by atoms with van der Waals surface area (Å²) in [5, 5.41) is 11.9. The van der Waals surface area contributed by atoms with Gasteiger partial charge in [0.15, 0.2) is 0 Å². The summed E-state index contributed by atoms with van der Waals surface area (Å²) in [4.78, 5) is 10.4. The smallest absolute Gasteiger partial charge is 0.149 e. The molecule has 4 nitrogen and oxygen atoms in total. The molecule has 9 rings (SSSR count). The summed E-state index contributed by atoms with van der Waals surface area (Å²) in [6, 6.07) is 51.4. The van der Waals surface area contributed by atoms with Crippen molar-refractivity contribution in [3.05, 3.63) is 192 Å². The number of aromatic hydroxyl groups is 1. The van der Waals surface area contributed by atoms with Crippen LogP contribution in [0, 0.1) is 13.8 Å². The van der Waals surface area contributed by atoms with Gasteiger partial charge in [0.1, 0.15) is 11.6 Å². The maximum atomic E-state index is 11.9. The van der Waals surface area contributed by atoms with Crippen LogP contribution in [0.15, 0.2) is 164 Å². The second-order valence-corrected chi connectivity index (χ2v) is 19.7. The van der Waals surface area contributed by atoms with Crippen molar-refractivity contribution < 1.29 is 17.4 Å². The number of rotatable bonds is 7. The van der Waals surface area contributed by atoms with Crippen molar-refractivity contribution in [2.75, 3.05) is 0 Å². The Morgan fingerprint density at radius 3 is 1.79 bits per heavy atom. The summed E-state index contributed by atoms with van der Waals surface area (Å²) in [6.45, 7) is 7.11. The van der Waals surface area contributed by atoms with Crippen LogP contribution in [0.3, 0.4) is 0 Å². The van der Waals surface area contributed by atoms with E-state index in [1.165, 1.54) is 23.3 Å². The molecule has 0 aliphatic carbocycles. The first-order chi connectivity index (χ1) is 35.1. The Labute approximate surface area is 404 Å². The van der Waals surface area contributed by atoms with E-state index in [-0.39, 0.29) is 22.1 Å². The molecule has 0 saturated carbocycles. The fraction of sp³-hybridized carbons (Fsp3) is 0.226. The second kappa shape index (κ2) is 16.7. The number of imidazole rings is 1. The number of aryl methyl sites for hydroxylation is 2. The van der Waals surface area contributed by atoms with Gasteiger partial charge in [-0.1, -0.05) is 165 Å². The Hall–Kier alpha value is -7.04. The van der Waals surface area contributed by atoms with Crippen LogP contribution in [-0.4, -0.2) is 19.6 Å². The van der Waals surface area contributed by atoms with Crippen molar-refractivity contribution in [3.8, 4) is 78.6 Å². The van der Waals surface area contributed by atoms with Crippen LogP contribution in [0.4, 0.5) is 0 Å². The predicted octanol–water partition coefficient (Wildman–Crippen LogP) is 16.6. The Kier molecular flexibility index (Phi) is 8.71. The normalized spacial score (nSPS) is 14.8. The molecule has 2 heterocycles. The number of phenols is 1. The molecule has 0 radical (unpaired) electrons. The summed E-state index contributed by atoms with van der Waals surface area (Å²) in [6.07, 6.45) is 1.68. The highest BCUT2D eigenvalue weighted by atomic mass is 16.3. The zero-order valence-corrected chi connectivity index (χ0v) is 38.9. The van der Waals surface area contributed by atoms with E-state index in [0.29, 0.717) is 28.2 Å². The zero-order chi connectivity index (χ0) is 54.2. The quantitative estimate of drug-likeness (QED) is 0.174. The van der Waals surface area contributed by atoms with Gasteiger partial charge in [0, 0.05) is 35.2 Å². The van der Waals surface area contributed by atoms with Gasteiger partial charge < -0.3 is 5.11 Å². The van der Waals surface area contributed by atoms with Crippen LogP contribution in [0.25, 0.3) is 83.9 Å². The number of phenolic OH excluding ortho intramolecular Hbond substituents is 1. The van der Waals surface area contributed by atoms with Crippen LogP contribution in [0.1, 0.15) is 102 Å². The third kappa shape index (κ3) is 8.61. The minimum atomic E-state index is -3.37. The lowest BCUT2D eigenvalue weighted by molar-refractivity contribution is 0.472. The van der Waals surface area contributed by atoms with Crippen LogP contribution in [0.5, 0.6) is 5.75 Å². The third-order valence-electron chi connectivity index (χ3n) is 12.6. The highest BCUT2D eigenvalue weighted by Gasteiger charge is 2.25. The first kappa shape index (κ1) is 34.3. The number of benzene rings is 7. The van der Waals surface area contributed by atoms with Crippen molar-refractivity contribution in [1.82, 2.24) is 14.5 Å². The molecule has 0 aliphatic heterocycles. The molecule has 330 valence electrons. The van der Waals surface area contributed by atoms with Gasteiger partial charge in [-0.2, -0.15) is 0 Å². The number of fused-ring (bicyclic) bond motifs is 1. The molecule has 0 unspecified atom stereocenters. The molecule has 7 aromatic carbocycles. The summed E-state index contributed by atoms with van der Waals surface area (Å²) < 4.78 is 76.2. The Morgan fingerprint density at radius 1 is 0.485 bits per heavy atom. The number of nitrogens with zero attached hydrogens (tertiary/aromatic N) is 3. The lowest BCUT2D eigenvalue weighted by Gasteiger charge is -2.24. The van der Waals surface area contributed by atoms with Gasteiger partial charge in [-0.15, -0.1) is 0 Å². The number of hydrogen-bond donors (Lipinski definition) is 1. The topological polar surface area (TPSA) is 50.9 Å². The Morgan fingerprint density at radius 2 is 1.11 bits per heavy atom. The Balaban J connectivity index is 1.26. The maximum Gasteiger partial charge on any atom is 0.149 e. The predicted molar refractivity (Wildman–Crippen MR) is 279 cm³/mol. The average molecular weight is 873 g/mol. The molecule has 66 heavy (non-hydrogen) atoms. The number of aromatic nitrogens is 3. The summed E-state index contributed by atoms with van der Waals surface area (Å²) in [5.41, 5.74) is 12.0. The highest BCUT2D eigenvalue weighted by molar-refractivity contribution is 5.98. The van der Waals surface area contributed by atoms with E-state index >= 15 is 0 Å². The molecule has 0 amide bonds. The van der Waals surface area contributed by atoms with Crippen LogP contribution in [-0.2, 0) is 16.2 Å². The SMILES string of the molecule is [2H]C([2H])([2H])C(c1ccc(-c2ccnc(-c3cc(-c4ccccc4)cc(-c4cccc5c4nc(-c4cc(C)cc(C)c4O)n5-c4ccc(C(C)(C)C)cc4-c4ccc(C(C)(C)C)cc4)c3)c2)cc1)(C([2H])([2H])[2H])C([2H])([2H])[2H]. The van der Waals surface area contributed by atoms with Gasteiger partial charge in [-0.05, 0) is 146 Å². The van der Waals surface area contributed by atoms with Crippen molar-refractivity contribution in [1.29, 1.82) is 0 Å². The molecule has 0 atom stereocenters. The lowest BCUT2D eigenvalue weighted by atomic mass is 9.83. The van der Waals surface area contributed by atoms with Crippen molar-refractivity contribution >= 4 is 11.0 Å². The van der Waals surface area contributed by atoms with Gasteiger partial charge >= 0.3 is 0 Å². The number of pyridine rings is 1. The molecule has 2 aromatic heterocycles. The van der Waals surface area contributed by atoms with E-state index < -0.39 is 26.0 Å². The van der Waals surface area contributed by atoms with E-state index in [1.54, 1.807) is 24.4 Å². The molecule has 4 heteroatoms. The van der Waals surface area contributed by atoms with Gasteiger partial charge in [0.2, 0.25) is 0 Å². The van der Waals surface area contributed by atoms with E-state index in [1.807, 2.05) is 56.3 Å². The van der Waals surface area contributed by atoms with Gasteiger partial charge in [-0.25, -0.2) is 4.98 Å². The molecular formula is C62H61N3O. The van der Waals surface area contributed by atoms with Crippen molar-refractivity contribution in [3.63, 3.8) is 0 Å². The standard InChI is InChI=1S/C62H61N3O/c1-39-32-40(2)58(66)53(33-39)59-64-57-51(18-15-19-56(57)65(59)55-29-28-50(62(9,10)11)38-52(55)43-22-26-49(27-23-43)61(6,7)8)46-34-45(41-16-13-12-14-17-41)35-47(36-46)54-37-44(30-31-63-54)42-20-24-48(25-21-42)60(3,4)5/h12-38,66H,1-11H3/i3D3,4D3,5D3. The molecule has 0 bridgehead atoms. The fourth-order valence-electron chi connectivity index (χ4n) is 8.87. The van der Waals surface area contributed by atoms with E-state index in [9.17, 15) is 5.11 Å². The second-order valence-electron chi connectivity index (χ2n) is 19.7. The van der Waals surface area contributed by atoms with Crippen molar-refractivity contribution in [2.24, 2.45) is 0 Å². The van der Waals surface area contributed by atoms with Gasteiger partial charge in [-0.3, -0.25) is 9.55 Å². The zero-order valence-electron chi connectivity index (χ0n) is 47.9. The molecular weight excluding hydrogens is 803 g/mol. The van der Waals surface area contributed by atoms with E-state index in [2.05, 4.69) is 131 Å². The third-order valence-corrected chi connectivity index (χ3v) is 12.6. The van der Waals surface area contributed by atoms with Gasteiger partial charge in [0.25, 0.3) is 0 Å². The van der Waals surface area contributed by atoms with E-state index in [0.717, 1.165) is 66.8 Å². The molecule has 1 N–H and O–H groups in total. The molecule has 0 aliphatic rings. The number of hydrogen-bond acceptors (Lipinski definition) is 3. The highest BCUT2D eigenvalue weighted by Crippen LogP contribution is 2.44. The first-order valence-corrected chi connectivity index (χ1v) is 22.4. The fourth-order valence-corrected chi connectivity index (χ4v) is 8.87. The first-order valence-electron chi connectivity index (χ1n) is 26.9. The Bertz CT molecular complexity index is 3560. The lowest BCUT2D eigenvalue weighted by Crippen LogP contribution is -2.12. The maximum absolute atomic E-state index is 11.9. The van der Waals surface area contributed by atoms with Gasteiger partial charge in [0.05, 0.1) is 28.0 Å². The number of para-hydroxylation sites is 1. The minimum Gasteiger partial charge on any atom is -0.507 e. The summed E-state index contributed by atoms with van der Waals surface area (Å²) in [5.74, 6) is 0.743. The largest absolute Gasteiger partial charge is 0.507 e.